The van der Waals surface area contributed by atoms with Gasteiger partial charge in [-0.2, -0.15) is 9.41 Å². The molecule has 2 aliphatic rings. The van der Waals surface area contributed by atoms with Crippen molar-refractivity contribution in [3.05, 3.63) is 41.9 Å². The number of morpholine rings is 1. The monoisotopic (exact) mass is 381 g/mol. The third kappa shape index (κ3) is 4.40. The average Bonchev–Trinajstić information content (AvgIpc) is 2.69. The number of rotatable bonds is 5. The second-order valence-corrected chi connectivity index (χ2v) is 7.43. The van der Waals surface area contributed by atoms with E-state index in [1.807, 2.05) is 0 Å². The van der Waals surface area contributed by atoms with E-state index in [1.165, 1.54) is 28.9 Å². The molecule has 1 N–H and O–H groups in total. The predicted molar refractivity (Wildman–Crippen MR) is 91.7 cm³/mol. The minimum Gasteiger partial charge on any atom is -0.494 e. The smallest absolute Gasteiger partial charge is 0.309 e. The summed E-state index contributed by atoms with van der Waals surface area (Å²) < 4.78 is 42.0. The molecule has 3 rings (SSSR count). The number of benzene rings is 1. The van der Waals surface area contributed by atoms with Crippen LogP contribution in [-0.2, 0) is 29.0 Å². The molecule has 0 saturated carbocycles. The van der Waals surface area contributed by atoms with Crippen molar-refractivity contribution < 1.29 is 27.4 Å². The van der Waals surface area contributed by atoms with E-state index in [0.29, 0.717) is 45.1 Å². The topological polar surface area (TPSA) is 107 Å². The molecular weight excluding hydrogens is 362 g/mol. The van der Waals surface area contributed by atoms with Gasteiger partial charge in [0.1, 0.15) is 19.5 Å². The number of hydrogen-bond acceptors (Lipinski definition) is 7. The number of carbonyl (C=O) groups is 1. The lowest BCUT2D eigenvalue weighted by Crippen LogP contribution is -2.40. The minimum atomic E-state index is -3.58. The quantitative estimate of drug-likeness (QED) is 0.570. The van der Waals surface area contributed by atoms with Crippen LogP contribution in [0.1, 0.15) is 5.56 Å². The van der Waals surface area contributed by atoms with E-state index in [1.54, 1.807) is 12.1 Å². The van der Waals surface area contributed by atoms with Crippen molar-refractivity contribution in [2.24, 2.45) is 5.10 Å². The van der Waals surface area contributed by atoms with Gasteiger partial charge in [0, 0.05) is 13.1 Å². The fourth-order valence-corrected chi connectivity index (χ4v) is 3.86. The van der Waals surface area contributed by atoms with Crippen molar-refractivity contribution in [2.75, 3.05) is 39.5 Å². The summed E-state index contributed by atoms with van der Waals surface area (Å²) in [5.41, 5.74) is 2.84. The largest absolute Gasteiger partial charge is 0.494 e. The van der Waals surface area contributed by atoms with Gasteiger partial charge in [0.05, 0.1) is 24.3 Å². The zero-order valence-electron chi connectivity index (χ0n) is 14.0. The Kier molecular flexibility index (Phi) is 5.86. The zero-order valence-corrected chi connectivity index (χ0v) is 14.8. The highest BCUT2D eigenvalue weighted by atomic mass is 32.2. The van der Waals surface area contributed by atoms with Gasteiger partial charge in [0.15, 0.2) is 0 Å². The Morgan fingerprint density at radius 3 is 2.73 bits per heavy atom. The second kappa shape index (κ2) is 8.30. The number of hydrazone groups is 1. The van der Waals surface area contributed by atoms with Gasteiger partial charge in [-0.1, -0.05) is 12.1 Å². The fourth-order valence-electron chi connectivity index (χ4n) is 2.40. The molecule has 1 amide bonds. The summed E-state index contributed by atoms with van der Waals surface area (Å²) in [5.74, 6) is -0.505. The lowest BCUT2D eigenvalue weighted by molar-refractivity contribution is -0.122. The SMILES string of the molecule is O=C(N/N=C\c1cccc(S(=O)(=O)N2CCOCC2)c1)C1=COCCO1. The molecule has 140 valence electrons. The molecule has 1 fully saturated rings. The van der Waals surface area contributed by atoms with E-state index >= 15 is 0 Å². The van der Waals surface area contributed by atoms with Gasteiger partial charge in [0.2, 0.25) is 15.8 Å². The number of ether oxygens (including phenoxy) is 3. The molecule has 2 heterocycles. The zero-order chi connectivity index (χ0) is 18.4. The van der Waals surface area contributed by atoms with Gasteiger partial charge < -0.3 is 14.2 Å². The van der Waals surface area contributed by atoms with Crippen LogP contribution in [0.3, 0.4) is 0 Å². The number of nitrogens with zero attached hydrogens (tertiary/aromatic N) is 2. The standard InChI is InChI=1S/C16H19N3O6S/c20-16(15-12-24-8-9-25-15)18-17-11-13-2-1-3-14(10-13)26(21,22)19-4-6-23-7-5-19/h1-3,10-12H,4-9H2,(H,18,20)/b17-11-. The first-order valence-corrected chi connectivity index (χ1v) is 9.47. The molecule has 10 heteroatoms. The van der Waals surface area contributed by atoms with E-state index in [4.69, 9.17) is 14.2 Å². The van der Waals surface area contributed by atoms with E-state index < -0.39 is 15.9 Å². The Labute approximate surface area is 151 Å². The molecule has 1 aromatic carbocycles. The van der Waals surface area contributed by atoms with Crippen LogP contribution in [0, 0.1) is 0 Å². The lowest BCUT2D eigenvalue weighted by Gasteiger charge is -2.26. The van der Waals surface area contributed by atoms with Gasteiger partial charge in [-0.15, -0.1) is 0 Å². The number of amides is 1. The average molecular weight is 381 g/mol. The third-order valence-electron chi connectivity index (χ3n) is 3.72. The number of nitrogens with one attached hydrogen (secondary N) is 1. The molecule has 1 aromatic rings. The number of sulfonamides is 1. The fraction of sp³-hybridized carbons (Fsp3) is 0.375. The highest BCUT2D eigenvalue weighted by molar-refractivity contribution is 7.89. The Hall–Kier alpha value is -2.43. The summed E-state index contributed by atoms with van der Waals surface area (Å²) in [6.07, 6.45) is 2.59. The van der Waals surface area contributed by atoms with Crippen LogP contribution >= 0.6 is 0 Å². The predicted octanol–water partition coefficient (Wildman–Crippen LogP) is 0.0458. The first kappa shape index (κ1) is 18.4. The molecule has 0 aliphatic carbocycles. The van der Waals surface area contributed by atoms with Crippen LogP contribution in [0.4, 0.5) is 0 Å². The molecule has 26 heavy (non-hydrogen) atoms. The lowest BCUT2D eigenvalue weighted by atomic mass is 10.2. The highest BCUT2D eigenvalue weighted by Gasteiger charge is 2.26. The summed E-state index contributed by atoms with van der Waals surface area (Å²) >= 11 is 0. The van der Waals surface area contributed by atoms with Crippen molar-refractivity contribution in [1.82, 2.24) is 9.73 Å². The third-order valence-corrected chi connectivity index (χ3v) is 5.61. The van der Waals surface area contributed by atoms with Gasteiger partial charge >= 0.3 is 5.91 Å². The maximum atomic E-state index is 12.6. The number of hydrogen-bond donors (Lipinski definition) is 1. The van der Waals surface area contributed by atoms with Crippen molar-refractivity contribution in [3.8, 4) is 0 Å². The van der Waals surface area contributed by atoms with Crippen LogP contribution < -0.4 is 5.43 Å². The van der Waals surface area contributed by atoms with E-state index in [2.05, 4.69) is 10.5 Å². The summed E-state index contributed by atoms with van der Waals surface area (Å²) in [6.45, 7) is 2.11. The second-order valence-electron chi connectivity index (χ2n) is 5.49. The summed E-state index contributed by atoms with van der Waals surface area (Å²) in [7, 11) is -3.58. The van der Waals surface area contributed by atoms with Crippen molar-refractivity contribution >= 4 is 22.1 Å². The molecule has 0 bridgehead atoms. The molecule has 0 spiro atoms. The molecule has 1 saturated heterocycles. The van der Waals surface area contributed by atoms with Gasteiger partial charge in [-0.3, -0.25) is 4.79 Å². The normalized spacial score (nSPS) is 18.7. The Morgan fingerprint density at radius 1 is 1.19 bits per heavy atom. The summed E-state index contributed by atoms with van der Waals surface area (Å²) in [5, 5.41) is 3.82. The molecule has 0 radical (unpaired) electrons. The summed E-state index contributed by atoms with van der Waals surface area (Å²) in [4.78, 5) is 12.0. The van der Waals surface area contributed by atoms with E-state index in [0.717, 1.165) is 0 Å². The van der Waals surface area contributed by atoms with Gasteiger partial charge in [-0.25, -0.2) is 13.8 Å². The Bertz CT molecular complexity index is 815. The Balaban J connectivity index is 1.67. The van der Waals surface area contributed by atoms with Crippen LogP contribution in [0.5, 0.6) is 0 Å². The summed E-state index contributed by atoms with van der Waals surface area (Å²) in [6, 6.07) is 6.34. The van der Waals surface area contributed by atoms with Gasteiger partial charge in [-0.05, 0) is 17.7 Å². The van der Waals surface area contributed by atoms with Crippen LogP contribution in [0.15, 0.2) is 46.3 Å². The Morgan fingerprint density at radius 2 is 2.00 bits per heavy atom. The minimum absolute atomic E-state index is 0.0389. The first-order valence-electron chi connectivity index (χ1n) is 8.03. The van der Waals surface area contributed by atoms with Crippen LogP contribution in [0.2, 0.25) is 0 Å². The van der Waals surface area contributed by atoms with Gasteiger partial charge in [0.25, 0.3) is 0 Å². The molecular formula is C16H19N3O6S. The van der Waals surface area contributed by atoms with Crippen molar-refractivity contribution in [2.45, 2.75) is 4.90 Å². The maximum absolute atomic E-state index is 12.6. The van der Waals surface area contributed by atoms with Crippen LogP contribution in [0.25, 0.3) is 0 Å². The molecule has 0 atom stereocenters. The molecule has 0 aromatic heterocycles. The number of carbonyl (C=O) groups excluding carboxylic acids is 1. The van der Waals surface area contributed by atoms with Crippen molar-refractivity contribution in [1.29, 1.82) is 0 Å². The van der Waals surface area contributed by atoms with E-state index in [9.17, 15) is 13.2 Å². The van der Waals surface area contributed by atoms with Crippen molar-refractivity contribution in [3.63, 3.8) is 0 Å². The molecule has 0 unspecified atom stereocenters. The van der Waals surface area contributed by atoms with Crippen LogP contribution in [-0.4, -0.2) is 64.4 Å². The first-order chi connectivity index (χ1) is 12.6. The van der Waals surface area contributed by atoms with E-state index in [-0.39, 0.29) is 10.7 Å². The molecule has 9 nitrogen and oxygen atoms in total. The molecule has 2 aliphatic heterocycles. The maximum Gasteiger partial charge on any atom is 0.309 e. The highest BCUT2D eigenvalue weighted by Crippen LogP contribution is 2.17.